The van der Waals surface area contributed by atoms with Crippen molar-refractivity contribution in [2.45, 2.75) is 24.2 Å². The number of rotatable bonds is 6. The van der Waals surface area contributed by atoms with Crippen LogP contribution in [-0.2, 0) is 0 Å². The van der Waals surface area contributed by atoms with Crippen molar-refractivity contribution >= 4 is 0 Å². The van der Waals surface area contributed by atoms with Gasteiger partial charge in [0.15, 0.2) is 0 Å². The molecule has 0 amide bonds. The molecule has 0 aliphatic rings. The Labute approximate surface area is 123 Å². The first-order valence-corrected chi connectivity index (χ1v) is 6.90. The van der Waals surface area contributed by atoms with Gasteiger partial charge >= 0.3 is 0 Å². The number of aliphatic hydroxyl groups is 4. The second kappa shape index (κ2) is 7.33. The number of benzene rings is 2. The summed E-state index contributed by atoms with van der Waals surface area (Å²) in [5.74, 6) is -0.483. The van der Waals surface area contributed by atoms with E-state index in [9.17, 15) is 15.3 Å². The van der Waals surface area contributed by atoms with E-state index in [1.807, 2.05) is 60.7 Å². The third kappa shape index (κ3) is 3.68. The minimum atomic E-state index is -1.43. The SMILES string of the molecule is OC[C@@H](O)[C@@H](O)[C@H](O)C(c1ccccc1)c1ccccc1. The van der Waals surface area contributed by atoms with E-state index in [1.54, 1.807) is 0 Å². The van der Waals surface area contributed by atoms with Crippen LogP contribution in [0.1, 0.15) is 17.0 Å². The Bertz CT molecular complexity index is 490. The van der Waals surface area contributed by atoms with E-state index in [1.165, 1.54) is 0 Å². The molecular formula is C17H20O4. The van der Waals surface area contributed by atoms with Crippen LogP contribution in [0.25, 0.3) is 0 Å². The van der Waals surface area contributed by atoms with E-state index in [0.29, 0.717) is 0 Å². The minimum Gasteiger partial charge on any atom is -0.394 e. The van der Waals surface area contributed by atoms with Crippen molar-refractivity contribution < 1.29 is 20.4 Å². The molecule has 0 unspecified atom stereocenters. The van der Waals surface area contributed by atoms with Gasteiger partial charge in [0.2, 0.25) is 0 Å². The van der Waals surface area contributed by atoms with Crippen molar-refractivity contribution in [1.82, 2.24) is 0 Å². The second-order valence-electron chi connectivity index (χ2n) is 5.03. The van der Waals surface area contributed by atoms with E-state index < -0.39 is 30.8 Å². The molecule has 4 heteroatoms. The first-order valence-electron chi connectivity index (χ1n) is 6.90. The fraction of sp³-hybridized carbons (Fsp3) is 0.294. The summed E-state index contributed by atoms with van der Waals surface area (Å²) in [6.45, 7) is -0.603. The van der Waals surface area contributed by atoms with Crippen molar-refractivity contribution in [3.63, 3.8) is 0 Å². The molecule has 2 rings (SSSR count). The molecule has 21 heavy (non-hydrogen) atoms. The highest BCUT2D eigenvalue weighted by atomic mass is 16.4. The maximum atomic E-state index is 10.5. The quantitative estimate of drug-likeness (QED) is 0.636. The van der Waals surface area contributed by atoms with Crippen molar-refractivity contribution in [2.24, 2.45) is 0 Å². The highest BCUT2D eigenvalue weighted by Crippen LogP contribution is 2.30. The van der Waals surface area contributed by atoms with E-state index in [2.05, 4.69) is 0 Å². The summed E-state index contributed by atoms with van der Waals surface area (Å²) in [6, 6.07) is 18.6. The fourth-order valence-electron chi connectivity index (χ4n) is 2.44. The van der Waals surface area contributed by atoms with Gasteiger partial charge in [0.05, 0.1) is 12.7 Å². The van der Waals surface area contributed by atoms with Crippen LogP contribution in [-0.4, -0.2) is 45.3 Å². The third-order valence-electron chi connectivity index (χ3n) is 3.59. The normalized spacial score (nSPS) is 15.7. The lowest BCUT2D eigenvalue weighted by Crippen LogP contribution is -2.43. The lowest BCUT2D eigenvalue weighted by atomic mass is 9.83. The van der Waals surface area contributed by atoms with Crippen molar-refractivity contribution in [2.75, 3.05) is 6.61 Å². The summed E-state index contributed by atoms with van der Waals surface area (Å²) >= 11 is 0. The zero-order valence-electron chi connectivity index (χ0n) is 11.6. The molecule has 4 nitrogen and oxygen atoms in total. The van der Waals surface area contributed by atoms with Crippen LogP contribution in [0.2, 0.25) is 0 Å². The van der Waals surface area contributed by atoms with Gasteiger partial charge in [-0.2, -0.15) is 0 Å². The molecule has 0 bridgehead atoms. The van der Waals surface area contributed by atoms with Crippen LogP contribution in [0, 0.1) is 0 Å². The van der Waals surface area contributed by atoms with Gasteiger partial charge in [-0.1, -0.05) is 60.7 Å². The van der Waals surface area contributed by atoms with Gasteiger partial charge < -0.3 is 20.4 Å². The van der Waals surface area contributed by atoms with E-state index >= 15 is 0 Å². The molecule has 3 atom stereocenters. The zero-order chi connectivity index (χ0) is 15.2. The average Bonchev–Trinajstić information content (AvgIpc) is 2.55. The highest BCUT2D eigenvalue weighted by Gasteiger charge is 2.32. The van der Waals surface area contributed by atoms with Gasteiger partial charge in [-0.3, -0.25) is 0 Å². The van der Waals surface area contributed by atoms with Crippen LogP contribution in [0.5, 0.6) is 0 Å². The molecule has 2 aromatic rings. The Hall–Kier alpha value is -1.72. The van der Waals surface area contributed by atoms with Crippen LogP contribution >= 0.6 is 0 Å². The zero-order valence-corrected chi connectivity index (χ0v) is 11.6. The van der Waals surface area contributed by atoms with E-state index in [-0.39, 0.29) is 0 Å². The lowest BCUT2D eigenvalue weighted by molar-refractivity contribution is -0.0806. The Kier molecular flexibility index (Phi) is 5.47. The summed E-state index contributed by atoms with van der Waals surface area (Å²) in [5, 5.41) is 39.0. The van der Waals surface area contributed by atoms with Crippen molar-refractivity contribution in [1.29, 1.82) is 0 Å². The molecule has 0 heterocycles. The third-order valence-corrected chi connectivity index (χ3v) is 3.59. The number of hydrogen-bond donors (Lipinski definition) is 4. The lowest BCUT2D eigenvalue weighted by Gasteiger charge is -2.29. The monoisotopic (exact) mass is 288 g/mol. The van der Waals surface area contributed by atoms with Gasteiger partial charge in [0, 0.05) is 5.92 Å². The van der Waals surface area contributed by atoms with Gasteiger partial charge in [-0.05, 0) is 11.1 Å². The molecule has 4 N–H and O–H groups in total. The number of hydrogen-bond acceptors (Lipinski definition) is 4. The van der Waals surface area contributed by atoms with Crippen LogP contribution < -0.4 is 0 Å². The molecule has 0 saturated carbocycles. The van der Waals surface area contributed by atoms with Crippen LogP contribution in [0.4, 0.5) is 0 Å². The second-order valence-corrected chi connectivity index (χ2v) is 5.03. The largest absolute Gasteiger partial charge is 0.394 e. The predicted octanol–water partition coefficient (Wildman–Crippen LogP) is 0.893. The average molecular weight is 288 g/mol. The summed E-state index contributed by atoms with van der Waals surface area (Å²) < 4.78 is 0. The highest BCUT2D eigenvalue weighted by molar-refractivity contribution is 5.34. The Morgan fingerprint density at radius 3 is 1.48 bits per heavy atom. The first-order chi connectivity index (χ1) is 10.1. The molecule has 0 aliphatic carbocycles. The molecule has 0 radical (unpaired) electrons. The van der Waals surface area contributed by atoms with E-state index in [4.69, 9.17) is 5.11 Å². The van der Waals surface area contributed by atoms with Crippen LogP contribution in [0.3, 0.4) is 0 Å². The summed E-state index contributed by atoms with van der Waals surface area (Å²) in [7, 11) is 0. The van der Waals surface area contributed by atoms with Crippen molar-refractivity contribution in [3.8, 4) is 0 Å². The molecule has 112 valence electrons. The van der Waals surface area contributed by atoms with E-state index in [0.717, 1.165) is 11.1 Å². The topological polar surface area (TPSA) is 80.9 Å². The maximum absolute atomic E-state index is 10.5. The Balaban J connectivity index is 2.37. The van der Waals surface area contributed by atoms with Gasteiger partial charge in [0.1, 0.15) is 12.2 Å². The summed E-state index contributed by atoms with van der Waals surface area (Å²) in [6.07, 6.45) is -4.03. The molecule has 0 aromatic heterocycles. The fourth-order valence-corrected chi connectivity index (χ4v) is 2.44. The van der Waals surface area contributed by atoms with Gasteiger partial charge in [-0.25, -0.2) is 0 Å². The minimum absolute atomic E-state index is 0.483. The molecule has 0 aliphatic heterocycles. The van der Waals surface area contributed by atoms with Gasteiger partial charge in [-0.15, -0.1) is 0 Å². The predicted molar refractivity (Wildman–Crippen MR) is 79.8 cm³/mol. The summed E-state index contributed by atoms with van der Waals surface area (Å²) in [4.78, 5) is 0. The molecule has 0 fully saturated rings. The van der Waals surface area contributed by atoms with Gasteiger partial charge in [0.25, 0.3) is 0 Å². The molecular weight excluding hydrogens is 268 g/mol. The Morgan fingerprint density at radius 1 is 0.667 bits per heavy atom. The first kappa shape index (κ1) is 15.7. The van der Waals surface area contributed by atoms with Crippen molar-refractivity contribution in [3.05, 3.63) is 71.8 Å². The number of aliphatic hydroxyl groups excluding tert-OH is 4. The maximum Gasteiger partial charge on any atom is 0.109 e. The smallest absolute Gasteiger partial charge is 0.109 e. The standard InChI is InChI=1S/C17H20O4/c18-11-14(19)16(20)17(21)15(12-7-3-1-4-8-12)13-9-5-2-6-10-13/h1-10,14-21H,11H2/t14-,16-,17-/m1/s1. The Morgan fingerprint density at radius 2 is 1.10 bits per heavy atom. The van der Waals surface area contributed by atoms with Crippen LogP contribution in [0.15, 0.2) is 60.7 Å². The molecule has 0 spiro atoms. The molecule has 0 saturated heterocycles. The summed E-state index contributed by atoms with van der Waals surface area (Å²) in [5.41, 5.74) is 1.67. The molecule has 2 aromatic carbocycles.